The van der Waals surface area contributed by atoms with Crippen molar-refractivity contribution in [3.05, 3.63) is 59.4 Å². The van der Waals surface area contributed by atoms with Crippen LogP contribution in [0, 0.1) is 6.92 Å². The molecule has 0 bridgehead atoms. The molecule has 27 heavy (non-hydrogen) atoms. The molecule has 0 spiro atoms. The summed E-state index contributed by atoms with van der Waals surface area (Å²) in [4.78, 5) is 12.6. The van der Waals surface area contributed by atoms with E-state index >= 15 is 0 Å². The summed E-state index contributed by atoms with van der Waals surface area (Å²) in [7, 11) is -2.54. The third-order valence-electron chi connectivity index (χ3n) is 4.37. The Morgan fingerprint density at radius 3 is 2.56 bits per heavy atom. The van der Waals surface area contributed by atoms with E-state index in [1.807, 2.05) is 31.2 Å². The van der Waals surface area contributed by atoms with Crippen molar-refractivity contribution in [1.82, 2.24) is 5.32 Å². The lowest BCUT2D eigenvalue weighted by molar-refractivity contribution is 0.0932. The molecule has 1 aromatic heterocycles. The third kappa shape index (κ3) is 3.67. The average Bonchev–Trinajstić information content (AvgIpc) is 2.97. The molecule has 0 aliphatic rings. The Labute approximate surface area is 157 Å². The summed E-state index contributed by atoms with van der Waals surface area (Å²) in [5.41, 5.74) is 1.74. The number of carbonyl (C=O) groups excluding carboxylic acids is 1. The summed E-state index contributed by atoms with van der Waals surface area (Å²) in [5, 5.41) is 8.95. The highest BCUT2D eigenvalue weighted by Gasteiger charge is 2.22. The van der Waals surface area contributed by atoms with Crippen LogP contribution in [-0.4, -0.2) is 21.4 Å². The molecule has 0 radical (unpaired) electrons. The molecule has 3 rings (SSSR count). The van der Waals surface area contributed by atoms with Crippen LogP contribution in [-0.2, 0) is 10.0 Å². The number of sulfonamides is 1. The summed E-state index contributed by atoms with van der Waals surface area (Å²) in [6.07, 6.45) is 0. The number of para-hydroxylation sites is 1. The van der Waals surface area contributed by atoms with E-state index in [4.69, 9.17) is 14.3 Å². The van der Waals surface area contributed by atoms with Gasteiger partial charge in [0.2, 0.25) is 10.0 Å². The second-order valence-electron chi connectivity index (χ2n) is 6.19. The number of hydrogen-bond donors (Lipinski definition) is 2. The van der Waals surface area contributed by atoms with Gasteiger partial charge >= 0.3 is 0 Å². The molecule has 3 N–H and O–H groups in total. The quantitative estimate of drug-likeness (QED) is 0.698. The number of furan rings is 1. The Kier molecular flexibility index (Phi) is 4.95. The average molecular weight is 388 g/mol. The third-order valence-corrected chi connectivity index (χ3v) is 5.28. The van der Waals surface area contributed by atoms with Gasteiger partial charge in [-0.25, -0.2) is 13.6 Å². The van der Waals surface area contributed by atoms with Crippen LogP contribution in [0.15, 0.2) is 51.8 Å². The van der Waals surface area contributed by atoms with E-state index in [1.54, 1.807) is 6.92 Å². The van der Waals surface area contributed by atoms with Crippen molar-refractivity contribution in [1.29, 1.82) is 0 Å². The second-order valence-corrected chi connectivity index (χ2v) is 7.75. The maximum absolute atomic E-state index is 12.7. The zero-order valence-electron chi connectivity index (χ0n) is 15.1. The number of fused-ring (bicyclic) bond motifs is 1. The van der Waals surface area contributed by atoms with E-state index in [1.165, 1.54) is 25.3 Å². The van der Waals surface area contributed by atoms with Crippen LogP contribution in [0.4, 0.5) is 0 Å². The van der Waals surface area contributed by atoms with E-state index in [-0.39, 0.29) is 16.2 Å². The molecule has 0 saturated heterocycles. The molecule has 0 saturated carbocycles. The highest BCUT2D eigenvalue weighted by Crippen LogP contribution is 2.30. The van der Waals surface area contributed by atoms with Gasteiger partial charge in [-0.15, -0.1) is 0 Å². The number of carbonyl (C=O) groups is 1. The molecule has 3 aromatic rings. The van der Waals surface area contributed by atoms with Crippen molar-refractivity contribution in [2.75, 3.05) is 7.11 Å². The fourth-order valence-corrected chi connectivity index (χ4v) is 3.53. The molecule has 1 amide bonds. The molecule has 0 aliphatic carbocycles. The Morgan fingerprint density at radius 1 is 1.22 bits per heavy atom. The number of nitrogens with one attached hydrogen (secondary N) is 1. The maximum atomic E-state index is 12.7. The van der Waals surface area contributed by atoms with Crippen LogP contribution in [0.25, 0.3) is 11.0 Å². The molecule has 7 nitrogen and oxygen atoms in total. The molecule has 1 heterocycles. The molecule has 142 valence electrons. The van der Waals surface area contributed by atoms with E-state index in [2.05, 4.69) is 5.32 Å². The lowest BCUT2D eigenvalue weighted by atomic mass is 10.1. The van der Waals surface area contributed by atoms with E-state index in [0.717, 1.165) is 16.5 Å². The van der Waals surface area contributed by atoms with Gasteiger partial charge in [-0.05, 0) is 38.1 Å². The first-order valence-corrected chi connectivity index (χ1v) is 9.76. The van der Waals surface area contributed by atoms with Crippen LogP contribution < -0.4 is 15.2 Å². The van der Waals surface area contributed by atoms with Gasteiger partial charge in [-0.1, -0.05) is 18.2 Å². The van der Waals surface area contributed by atoms with Gasteiger partial charge in [0, 0.05) is 10.9 Å². The molecule has 1 unspecified atom stereocenters. The Morgan fingerprint density at radius 2 is 1.93 bits per heavy atom. The van der Waals surface area contributed by atoms with E-state index in [0.29, 0.717) is 5.76 Å². The Bertz CT molecular complexity index is 1120. The SMILES string of the molecule is COc1ccc(S(N)(=O)=O)cc1C(=O)NC(C)c1oc2ccccc2c1C. The minimum atomic E-state index is -3.94. The standard InChI is InChI=1S/C19H20N2O5S/c1-11-14-6-4-5-7-17(14)26-18(11)12(2)21-19(22)15-10-13(27(20,23)24)8-9-16(15)25-3/h4-10,12H,1-3H3,(H,21,22)(H2,20,23,24). The van der Waals surface area contributed by atoms with E-state index in [9.17, 15) is 13.2 Å². The van der Waals surface area contributed by atoms with Crippen molar-refractivity contribution in [2.24, 2.45) is 5.14 Å². The molecule has 1 atom stereocenters. The van der Waals surface area contributed by atoms with Crippen molar-refractivity contribution >= 4 is 26.9 Å². The zero-order valence-corrected chi connectivity index (χ0v) is 16.0. The fourth-order valence-electron chi connectivity index (χ4n) is 2.99. The van der Waals surface area contributed by atoms with Gasteiger partial charge in [0.05, 0.1) is 23.6 Å². The normalized spacial score (nSPS) is 12.7. The summed E-state index contributed by atoms with van der Waals surface area (Å²) < 4.78 is 34.2. The van der Waals surface area contributed by atoms with Gasteiger partial charge in [-0.2, -0.15) is 0 Å². The first-order chi connectivity index (χ1) is 12.7. The van der Waals surface area contributed by atoms with Crippen molar-refractivity contribution in [3.8, 4) is 5.75 Å². The molecule has 0 fully saturated rings. The van der Waals surface area contributed by atoms with Gasteiger partial charge in [0.1, 0.15) is 17.1 Å². The molecular formula is C19H20N2O5S. The maximum Gasteiger partial charge on any atom is 0.255 e. The van der Waals surface area contributed by atoms with Gasteiger partial charge in [0.25, 0.3) is 5.91 Å². The smallest absolute Gasteiger partial charge is 0.255 e. The van der Waals surface area contributed by atoms with Crippen LogP contribution >= 0.6 is 0 Å². The number of benzene rings is 2. The number of rotatable bonds is 5. The number of nitrogens with two attached hydrogens (primary N) is 1. The number of methoxy groups -OCH3 is 1. The predicted molar refractivity (Wildman–Crippen MR) is 101 cm³/mol. The number of aryl methyl sites for hydroxylation is 1. The highest BCUT2D eigenvalue weighted by molar-refractivity contribution is 7.89. The lowest BCUT2D eigenvalue weighted by Gasteiger charge is -2.15. The monoisotopic (exact) mass is 388 g/mol. The zero-order chi connectivity index (χ0) is 19.8. The van der Waals surface area contributed by atoms with Crippen LogP contribution in [0.1, 0.15) is 34.6 Å². The van der Waals surface area contributed by atoms with E-state index < -0.39 is 22.0 Å². The first kappa shape index (κ1) is 18.9. The predicted octanol–water partition coefficient (Wildman–Crippen LogP) is 2.89. The lowest BCUT2D eigenvalue weighted by Crippen LogP contribution is -2.27. The first-order valence-electron chi connectivity index (χ1n) is 8.22. The summed E-state index contributed by atoms with van der Waals surface area (Å²) in [5.74, 6) is 0.379. The van der Waals surface area contributed by atoms with Crippen molar-refractivity contribution in [3.63, 3.8) is 0 Å². The van der Waals surface area contributed by atoms with Crippen molar-refractivity contribution in [2.45, 2.75) is 24.8 Å². The number of ether oxygens (including phenoxy) is 1. The van der Waals surface area contributed by atoms with Crippen LogP contribution in [0.2, 0.25) is 0 Å². The molecule has 2 aromatic carbocycles. The number of hydrogen-bond acceptors (Lipinski definition) is 5. The minimum Gasteiger partial charge on any atom is -0.496 e. The van der Waals surface area contributed by atoms with Crippen molar-refractivity contribution < 1.29 is 22.4 Å². The molecule has 8 heteroatoms. The van der Waals surface area contributed by atoms with Gasteiger partial charge in [0.15, 0.2) is 0 Å². The topological polar surface area (TPSA) is 112 Å². The van der Waals surface area contributed by atoms with Gasteiger partial charge in [-0.3, -0.25) is 4.79 Å². The van der Waals surface area contributed by atoms with Crippen LogP contribution in [0.3, 0.4) is 0 Å². The Balaban J connectivity index is 1.93. The van der Waals surface area contributed by atoms with Gasteiger partial charge < -0.3 is 14.5 Å². The minimum absolute atomic E-state index is 0.0737. The fraction of sp³-hybridized carbons (Fsp3) is 0.211. The second kappa shape index (κ2) is 7.05. The Hall–Kier alpha value is -2.84. The largest absolute Gasteiger partial charge is 0.496 e. The summed E-state index contributed by atoms with van der Waals surface area (Å²) in [6, 6.07) is 11.0. The molecular weight excluding hydrogens is 368 g/mol. The number of amides is 1. The molecule has 0 aliphatic heterocycles. The highest BCUT2D eigenvalue weighted by atomic mass is 32.2. The summed E-state index contributed by atoms with van der Waals surface area (Å²) in [6.45, 7) is 3.71. The summed E-state index contributed by atoms with van der Waals surface area (Å²) >= 11 is 0. The number of primary sulfonamides is 1. The van der Waals surface area contributed by atoms with Crippen LogP contribution in [0.5, 0.6) is 5.75 Å².